The van der Waals surface area contributed by atoms with Gasteiger partial charge in [0.05, 0.1) is 36.2 Å². The van der Waals surface area contributed by atoms with E-state index in [1.807, 2.05) is 39.0 Å². The molecule has 10 heteroatoms. The zero-order valence-corrected chi connectivity index (χ0v) is 21.2. The van der Waals surface area contributed by atoms with Gasteiger partial charge in [0, 0.05) is 42.7 Å². The maximum absolute atomic E-state index is 14.4. The first-order chi connectivity index (χ1) is 18.0. The summed E-state index contributed by atoms with van der Waals surface area (Å²) in [5.41, 5.74) is 2.92. The Morgan fingerprint density at radius 2 is 1.86 bits per heavy atom. The highest BCUT2D eigenvalue weighted by Crippen LogP contribution is 2.31. The maximum atomic E-state index is 14.4. The molecule has 37 heavy (non-hydrogen) atoms. The van der Waals surface area contributed by atoms with Crippen molar-refractivity contribution in [3.63, 3.8) is 0 Å². The molecule has 4 rings (SSSR count). The van der Waals surface area contributed by atoms with Gasteiger partial charge >= 0.3 is 0 Å². The molecule has 1 amide bonds. The standard InChI is InChI=1S/C27H29FN6O3/c1-5-36-22-10-17(13-32-27(22)37-6-2)21-11-23(34-15-33-21)30-12-16(3)18-8-7-9-19-24(26(35)29-4)20(28)14-31-25(18)19/h7-11,13-16H,5-6,12H2,1-4H3,(H,29,35)(H,30,33,34). The van der Waals surface area contributed by atoms with Crippen LogP contribution in [0.15, 0.2) is 49.1 Å². The van der Waals surface area contributed by atoms with Gasteiger partial charge in [-0.25, -0.2) is 19.3 Å². The Balaban J connectivity index is 1.56. The van der Waals surface area contributed by atoms with Gasteiger partial charge in [-0.15, -0.1) is 0 Å². The van der Waals surface area contributed by atoms with E-state index in [0.717, 1.165) is 17.3 Å². The smallest absolute Gasteiger partial charge is 0.257 e. The minimum Gasteiger partial charge on any atom is -0.488 e. The summed E-state index contributed by atoms with van der Waals surface area (Å²) in [7, 11) is 1.47. The summed E-state index contributed by atoms with van der Waals surface area (Å²) >= 11 is 0. The summed E-state index contributed by atoms with van der Waals surface area (Å²) < 4.78 is 25.6. The fourth-order valence-electron chi connectivity index (χ4n) is 4.03. The van der Waals surface area contributed by atoms with E-state index in [1.165, 1.54) is 13.4 Å². The molecule has 1 atom stereocenters. The summed E-state index contributed by atoms with van der Waals surface area (Å²) in [6, 6.07) is 9.12. The van der Waals surface area contributed by atoms with Crippen molar-refractivity contribution in [3.05, 3.63) is 66.0 Å². The van der Waals surface area contributed by atoms with Crippen molar-refractivity contribution in [1.29, 1.82) is 0 Å². The first-order valence-corrected chi connectivity index (χ1v) is 12.1. The van der Waals surface area contributed by atoms with Gasteiger partial charge in [-0.1, -0.05) is 25.1 Å². The molecule has 0 spiro atoms. The van der Waals surface area contributed by atoms with Crippen molar-refractivity contribution in [2.75, 3.05) is 32.1 Å². The third-order valence-corrected chi connectivity index (χ3v) is 5.82. The fourth-order valence-corrected chi connectivity index (χ4v) is 4.03. The van der Waals surface area contributed by atoms with E-state index < -0.39 is 11.7 Å². The molecule has 0 aliphatic rings. The number of nitrogens with zero attached hydrogens (tertiary/aromatic N) is 4. The van der Waals surface area contributed by atoms with Crippen molar-refractivity contribution in [2.45, 2.75) is 26.7 Å². The third kappa shape index (κ3) is 5.58. The van der Waals surface area contributed by atoms with Crippen LogP contribution in [0.5, 0.6) is 11.6 Å². The number of hydrogen-bond donors (Lipinski definition) is 2. The Bertz CT molecular complexity index is 1410. The number of benzene rings is 1. The number of rotatable bonds is 10. The quantitative estimate of drug-likeness (QED) is 0.322. The van der Waals surface area contributed by atoms with Gasteiger partial charge in [0.15, 0.2) is 11.6 Å². The van der Waals surface area contributed by atoms with E-state index in [0.29, 0.717) is 53.8 Å². The average molecular weight is 505 g/mol. The van der Waals surface area contributed by atoms with Crippen LogP contribution in [0, 0.1) is 5.82 Å². The number of anilines is 1. The Hall–Kier alpha value is -4.34. The monoisotopic (exact) mass is 504 g/mol. The van der Waals surface area contributed by atoms with E-state index in [9.17, 15) is 9.18 Å². The van der Waals surface area contributed by atoms with Crippen molar-refractivity contribution in [2.24, 2.45) is 0 Å². The number of carbonyl (C=O) groups is 1. The van der Waals surface area contributed by atoms with Crippen LogP contribution in [0.1, 0.15) is 42.6 Å². The molecule has 0 saturated heterocycles. The topological polar surface area (TPSA) is 111 Å². The van der Waals surface area contributed by atoms with E-state index >= 15 is 0 Å². The molecule has 9 nitrogen and oxygen atoms in total. The highest BCUT2D eigenvalue weighted by atomic mass is 19.1. The second-order valence-corrected chi connectivity index (χ2v) is 8.27. The number of nitrogens with one attached hydrogen (secondary N) is 2. The Morgan fingerprint density at radius 3 is 2.62 bits per heavy atom. The minimum atomic E-state index is -0.653. The van der Waals surface area contributed by atoms with Gasteiger partial charge in [-0.05, 0) is 25.5 Å². The molecule has 0 bridgehead atoms. The fraction of sp³-hybridized carbons (Fsp3) is 0.296. The Kier molecular flexibility index (Phi) is 8.07. The molecule has 0 radical (unpaired) electrons. The van der Waals surface area contributed by atoms with Crippen molar-refractivity contribution < 1.29 is 18.7 Å². The number of pyridine rings is 2. The molecule has 2 N–H and O–H groups in total. The Morgan fingerprint density at radius 1 is 1.05 bits per heavy atom. The molecule has 3 aromatic heterocycles. The predicted octanol–water partition coefficient (Wildman–Crippen LogP) is 4.60. The summed E-state index contributed by atoms with van der Waals surface area (Å²) in [5, 5.41) is 6.31. The van der Waals surface area contributed by atoms with Crippen LogP contribution in [0.4, 0.5) is 10.2 Å². The van der Waals surface area contributed by atoms with Crippen molar-refractivity contribution >= 4 is 22.6 Å². The molecule has 0 saturated carbocycles. The van der Waals surface area contributed by atoms with Gasteiger partial charge < -0.3 is 20.1 Å². The molecular weight excluding hydrogens is 475 g/mol. The minimum absolute atomic E-state index is 0.00895. The van der Waals surface area contributed by atoms with Gasteiger partial charge in [0.1, 0.15) is 12.1 Å². The lowest BCUT2D eigenvalue weighted by atomic mass is 9.96. The molecule has 192 valence electrons. The largest absolute Gasteiger partial charge is 0.488 e. The number of para-hydroxylation sites is 1. The van der Waals surface area contributed by atoms with Crippen LogP contribution in [0.25, 0.3) is 22.2 Å². The van der Waals surface area contributed by atoms with E-state index in [2.05, 4.69) is 30.6 Å². The normalized spacial score (nSPS) is 11.7. The van der Waals surface area contributed by atoms with Gasteiger partial charge in [0.25, 0.3) is 11.8 Å². The lowest BCUT2D eigenvalue weighted by molar-refractivity contribution is 0.0960. The lowest BCUT2D eigenvalue weighted by Gasteiger charge is -2.17. The highest BCUT2D eigenvalue weighted by molar-refractivity contribution is 6.06. The number of fused-ring (bicyclic) bond motifs is 1. The summed E-state index contributed by atoms with van der Waals surface area (Å²) in [6.45, 7) is 7.31. The number of halogens is 1. The SMILES string of the molecule is CCOc1cc(-c2cc(NCC(C)c3cccc4c(C(=O)NC)c(F)cnc34)ncn2)cnc1OCC. The van der Waals surface area contributed by atoms with Crippen LogP contribution in [0.3, 0.4) is 0 Å². The number of aromatic nitrogens is 4. The van der Waals surface area contributed by atoms with Gasteiger partial charge in [-0.3, -0.25) is 9.78 Å². The highest BCUT2D eigenvalue weighted by Gasteiger charge is 2.19. The average Bonchev–Trinajstić information content (AvgIpc) is 2.92. The zero-order chi connectivity index (χ0) is 26.4. The summed E-state index contributed by atoms with van der Waals surface area (Å²) in [5.74, 6) is 0.470. The van der Waals surface area contributed by atoms with Crippen LogP contribution in [-0.2, 0) is 0 Å². The molecule has 1 unspecified atom stereocenters. The van der Waals surface area contributed by atoms with Crippen LogP contribution < -0.4 is 20.1 Å². The first-order valence-electron chi connectivity index (χ1n) is 12.1. The molecule has 0 aliphatic heterocycles. The first kappa shape index (κ1) is 25.7. The molecule has 0 fully saturated rings. The predicted molar refractivity (Wildman–Crippen MR) is 140 cm³/mol. The van der Waals surface area contributed by atoms with Gasteiger partial charge in [0.2, 0.25) is 0 Å². The summed E-state index contributed by atoms with van der Waals surface area (Å²) in [6.07, 6.45) is 4.26. The van der Waals surface area contributed by atoms with Gasteiger partial charge in [-0.2, -0.15) is 0 Å². The number of carbonyl (C=O) groups excluding carboxylic acids is 1. The second kappa shape index (κ2) is 11.6. The number of ether oxygens (including phenoxy) is 2. The number of hydrogen-bond acceptors (Lipinski definition) is 8. The van der Waals surface area contributed by atoms with Crippen molar-refractivity contribution in [3.8, 4) is 22.9 Å². The molecule has 0 aliphatic carbocycles. The summed E-state index contributed by atoms with van der Waals surface area (Å²) in [4.78, 5) is 29.7. The van der Waals surface area contributed by atoms with E-state index in [1.54, 1.807) is 18.3 Å². The number of amides is 1. The Labute approximate surface area is 214 Å². The molecule has 4 aromatic rings. The van der Waals surface area contributed by atoms with Crippen LogP contribution in [0.2, 0.25) is 0 Å². The van der Waals surface area contributed by atoms with E-state index in [-0.39, 0.29) is 11.5 Å². The zero-order valence-electron chi connectivity index (χ0n) is 21.2. The van der Waals surface area contributed by atoms with Crippen LogP contribution >= 0.6 is 0 Å². The van der Waals surface area contributed by atoms with Crippen LogP contribution in [-0.4, -0.2) is 52.6 Å². The molecular formula is C27H29FN6O3. The van der Waals surface area contributed by atoms with Crippen molar-refractivity contribution in [1.82, 2.24) is 25.3 Å². The molecule has 3 heterocycles. The molecule has 1 aromatic carbocycles. The maximum Gasteiger partial charge on any atom is 0.257 e. The van der Waals surface area contributed by atoms with E-state index in [4.69, 9.17) is 9.47 Å². The lowest BCUT2D eigenvalue weighted by Crippen LogP contribution is -2.20. The second-order valence-electron chi connectivity index (χ2n) is 8.27. The third-order valence-electron chi connectivity index (χ3n) is 5.82.